The van der Waals surface area contributed by atoms with Crippen molar-refractivity contribution >= 4 is 87.4 Å². The van der Waals surface area contributed by atoms with Crippen LogP contribution in [-0.4, -0.2) is 4.57 Å². The van der Waals surface area contributed by atoms with Crippen LogP contribution in [0, 0.1) is 0 Å². The lowest BCUT2D eigenvalue weighted by Gasteiger charge is -2.26. The Hall–Kier alpha value is -7.40. The zero-order valence-corrected chi connectivity index (χ0v) is 32.4. The lowest BCUT2D eigenvalue weighted by Crippen LogP contribution is -2.10. The second-order valence-electron chi connectivity index (χ2n) is 14.6. The zero-order valence-electron chi connectivity index (χ0n) is 31.6. The molecule has 11 aromatic rings. The molecule has 274 valence electrons. The Morgan fingerprint density at radius 2 is 0.776 bits per heavy atom. The topological polar surface area (TPSA) is 11.4 Å². The van der Waals surface area contributed by atoms with E-state index in [-0.39, 0.29) is 0 Å². The molecule has 58 heavy (non-hydrogen) atoms. The summed E-state index contributed by atoms with van der Waals surface area (Å²) in [4.78, 5) is 4.66. The molecule has 0 bridgehead atoms. The number of aromatic nitrogens is 1. The minimum Gasteiger partial charge on any atom is -0.311 e. The molecule has 0 atom stereocenters. The minimum atomic E-state index is 1.10. The summed E-state index contributed by atoms with van der Waals surface area (Å²) in [7, 11) is 0. The van der Waals surface area contributed by atoms with E-state index in [1.165, 1.54) is 53.1 Å². The predicted octanol–water partition coefficient (Wildman–Crippen LogP) is 15.8. The van der Waals surface area contributed by atoms with Gasteiger partial charge in [-0.3, -0.25) is 0 Å². The first-order chi connectivity index (χ1) is 28.8. The summed E-state index contributed by atoms with van der Waals surface area (Å²) >= 11 is 1.89. The maximum absolute atomic E-state index is 2.46. The standard InChI is InChI=1S/C54H37N3S/c1-5-15-40(16-6-1)55(41-17-7-2-8-18-41)44-29-25-38(26-30-44)39-27-31-45(32-28-39)56(42-19-9-3-10-20-42)46-33-36-51-50(37-46)48-34-35-49-47-23-13-14-24-52(47)58-54(49)53(48)57(51)43-21-11-4-12-22-43/h1-37H. The van der Waals surface area contributed by atoms with Gasteiger partial charge in [-0.15, -0.1) is 11.3 Å². The molecule has 0 aliphatic heterocycles. The number of hydrogen-bond acceptors (Lipinski definition) is 3. The van der Waals surface area contributed by atoms with E-state index < -0.39 is 0 Å². The molecule has 2 aromatic heterocycles. The minimum absolute atomic E-state index is 1.10. The molecule has 11 rings (SSSR count). The van der Waals surface area contributed by atoms with E-state index in [0.29, 0.717) is 0 Å². The van der Waals surface area contributed by atoms with Crippen LogP contribution in [0.4, 0.5) is 34.1 Å². The number of anilines is 6. The number of benzene rings is 9. The molecule has 9 aromatic carbocycles. The van der Waals surface area contributed by atoms with Gasteiger partial charge in [0.05, 0.1) is 15.7 Å². The molecule has 4 heteroatoms. The highest BCUT2D eigenvalue weighted by Gasteiger charge is 2.21. The van der Waals surface area contributed by atoms with Crippen LogP contribution >= 0.6 is 11.3 Å². The van der Waals surface area contributed by atoms with Crippen molar-refractivity contribution in [3.8, 4) is 16.8 Å². The van der Waals surface area contributed by atoms with Gasteiger partial charge in [-0.2, -0.15) is 0 Å². The average Bonchev–Trinajstić information content (AvgIpc) is 3.84. The Morgan fingerprint density at radius 1 is 0.328 bits per heavy atom. The van der Waals surface area contributed by atoms with E-state index in [4.69, 9.17) is 0 Å². The van der Waals surface area contributed by atoms with Crippen molar-refractivity contribution in [2.45, 2.75) is 0 Å². The summed E-state index contributed by atoms with van der Waals surface area (Å²) in [5.41, 5.74) is 12.7. The lowest BCUT2D eigenvalue weighted by molar-refractivity contribution is 1.19. The number of thiophene rings is 1. The largest absolute Gasteiger partial charge is 0.311 e. The molecule has 0 spiro atoms. The van der Waals surface area contributed by atoms with Gasteiger partial charge in [-0.05, 0) is 108 Å². The second-order valence-corrected chi connectivity index (χ2v) is 15.6. The first-order valence-electron chi connectivity index (χ1n) is 19.7. The van der Waals surface area contributed by atoms with Gasteiger partial charge >= 0.3 is 0 Å². The van der Waals surface area contributed by atoms with E-state index >= 15 is 0 Å². The number of rotatable bonds is 8. The van der Waals surface area contributed by atoms with E-state index in [9.17, 15) is 0 Å². The maximum atomic E-state index is 2.46. The zero-order chi connectivity index (χ0) is 38.4. The van der Waals surface area contributed by atoms with Crippen molar-refractivity contribution in [1.82, 2.24) is 4.57 Å². The summed E-state index contributed by atoms with van der Waals surface area (Å²) in [6, 6.07) is 80.8. The lowest BCUT2D eigenvalue weighted by atomic mass is 10.0. The van der Waals surface area contributed by atoms with Crippen LogP contribution in [-0.2, 0) is 0 Å². The Kier molecular flexibility index (Phi) is 8.34. The van der Waals surface area contributed by atoms with Crippen LogP contribution in [0.3, 0.4) is 0 Å². The molecule has 0 saturated heterocycles. The van der Waals surface area contributed by atoms with Gasteiger partial charge in [-0.1, -0.05) is 127 Å². The van der Waals surface area contributed by atoms with Gasteiger partial charge < -0.3 is 14.4 Å². The number of para-hydroxylation sites is 4. The van der Waals surface area contributed by atoms with Gasteiger partial charge in [0.15, 0.2) is 0 Å². The number of nitrogens with zero attached hydrogens (tertiary/aromatic N) is 3. The highest BCUT2D eigenvalue weighted by Crippen LogP contribution is 2.45. The fraction of sp³-hybridized carbons (Fsp3) is 0. The summed E-state index contributed by atoms with van der Waals surface area (Å²) in [5.74, 6) is 0. The van der Waals surface area contributed by atoms with Gasteiger partial charge in [0.1, 0.15) is 0 Å². The first kappa shape index (κ1) is 33.9. The van der Waals surface area contributed by atoms with E-state index in [1.54, 1.807) is 0 Å². The van der Waals surface area contributed by atoms with Crippen LogP contribution in [0.15, 0.2) is 224 Å². The molecule has 0 saturated carbocycles. The second kappa shape index (κ2) is 14.3. The summed E-state index contributed by atoms with van der Waals surface area (Å²) in [6.45, 7) is 0. The van der Waals surface area contributed by atoms with Crippen LogP contribution in [0.25, 0.3) is 58.8 Å². The highest BCUT2D eigenvalue weighted by atomic mass is 32.1. The van der Waals surface area contributed by atoms with Crippen LogP contribution in [0.2, 0.25) is 0 Å². The first-order valence-corrected chi connectivity index (χ1v) is 20.5. The van der Waals surface area contributed by atoms with E-state index in [0.717, 1.165) is 39.8 Å². The fourth-order valence-electron chi connectivity index (χ4n) is 8.49. The van der Waals surface area contributed by atoms with Gasteiger partial charge in [0, 0.05) is 66.1 Å². The molecule has 0 fully saturated rings. The Morgan fingerprint density at radius 3 is 1.34 bits per heavy atom. The Labute approximate surface area is 341 Å². The van der Waals surface area contributed by atoms with Crippen molar-refractivity contribution in [2.75, 3.05) is 9.80 Å². The van der Waals surface area contributed by atoms with Crippen LogP contribution < -0.4 is 9.80 Å². The monoisotopic (exact) mass is 759 g/mol. The van der Waals surface area contributed by atoms with Gasteiger partial charge in [0.2, 0.25) is 0 Å². The van der Waals surface area contributed by atoms with Crippen molar-refractivity contribution in [3.05, 3.63) is 224 Å². The summed E-state index contributed by atoms with van der Waals surface area (Å²) in [6.07, 6.45) is 0. The van der Waals surface area contributed by atoms with Crippen LogP contribution in [0.1, 0.15) is 0 Å². The van der Waals surface area contributed by atoms with Gasteiger partial charge in [0.25, 0.3) is 0 Å². The Bertz CT molecular complexity index is 3150. The third-order valence-electron chi connectivity index (χ3n) is 11.2. The predicted molar refractivity (Wildman–Crippen MR) is 248 cm³/mol. The van der Waals surface area contributed by atoms with Crippen LogP contribution in [0.5, 0.6) is 0 Å². The van der Waals surface area contributed by atoms with Gasteiger partial charge in [-0.25, -0.2) is 0 Å². The third-order valence-corrected chi connectivity index (χ3v) is 12.3. The number of fused-ring (bicyclic) bond motifs is 7. The average molecular weight is 760 g/mol. The smallest absolute Gasteiger partial charge is 0.0719 e. The molecule has 0 radical (unpaired) electrons. The molecule has 0 aliphatic rings. The highest BCUT2D eigenvalue weighted by molar-refractivity contribution is 7.26. The maximum Gasteiger partial charge on any atom is 0.0719 e. The fourth-order valence-corrected chi connectivity index (χ4v) is 9.73. The van der Waals surface area contributed by atoms with Crippen molar-refractivity contribution < 1.29 is 0 Å². The van der Waals surface area contributed by atoms with E-state index in [1.807, 2.05) is 11.3 Å². The molecule has 0 N–H and O–H groups in total. The van der Waals surface area contributed by atoms with Crippen molar-refractivity contribution in [3.63, 3.8) is 0 Å². The van der Waals surface area contributed by atoms with E-state index in [2.05, 4.69) is 239 Å². The normalized spacial score (nSPS) is 11.4. The summed E-state index contributed by atoms with van der Waals surface area (Å²) in [5, 5.41) is 5.10. The third kappa shape index (κ3) is 5.82. The Balaban J connectivity index is 1.00. The molecule has 0 aliphatic carbocycles. The SMILES string of the molecule is c1ccc(N(c2ccccc2)c2ccc(-c3ccc(N(c4ccccc4)c4ccc5c(c4)c4ccc6c7ccccc7sc6c4n5-c4ccccc4)cc3)cc2)cc1. The number of hydrogen-bond donors (Lipinski definition) is 0. The molecule has 0 unspecified atom stereocenters. The molecular weight excluding hydrogens is 723 g/mol. The molecule has 2 heterocycles. The summed E-state index contributed by atoms with van der Waals surface area (Å²) < 4.78 is 5.08. The quantitative estimate of drug-likeness (QED) is 0.153. The van der Waals surface area contributed by atoms with Crippen molar-refractivity contribution in [2.24, 2.45) is 0 Å². The molecule has 0 amide bonds. The molecular formula is C54H37N3S. The van der Waals surface area contributed by atoms with Crippen molar-refractivity contribution in [1.29, 1.82) is 0 Å². The molecule has 3 nitrogen and oxygen atoms in total.